The summed E-state index contributed by atoms with van der Waals surface area (Å²) >= 11 is 0. The van der Waals surface area contributed by atoms with Gasteiger partial charge in [0.05, 0.1) is 6.07 Å². The average molecular weight is 173 g/mol. The van der Waals surface area contributed by atoms with E-state index < -0.39 is 5.97 Å². The molecule has 0 saturated carbocycles. The number of methoxy groups -OCH3 is 3. The highest BCUT2D eigenvalue weighted by atomic mass is 16.9. The fraction of sp³-hybridized carbons (Fsp3) is 0.875. The van der Waals surface area contributed by atoms with Crippen LogP contribution in [-0.4, -0.2) is 27.3 Å². The smallest absolute Gasteiger partial charge is 0.282 e. The number of nitriles is 1. The molecule has 4 heteroatoms. The number of rotatable bonds is 6. The van der Waals surface area contributed by atoms with Gasteiger partial charge >= 0.3 is 0 Å². The van der Waals surface area contributed by atoms with Gasteiger partial charge in [-0.15, -0.1) is 0 Å². The van der Waals surface area contributed by atoms with Crippen LogP contribution in [0.3, 0.4) is 0 Å². The molecule has 0 heterocycles. The van der Waals surface area contributed by atoms with E-state index in [4.69, 9.17) is 19.5 Å². The van der Waals surface area contributed by atoms with Crippen LogP contribution in [-0.2, 0) is 14.2 Å². The first-order valence-corrected chi connectivity index (χ1v) is 3.77. The Kier molecular flexibility index (Phi) is 5.64. The third kappa shape index (κ3) is 3.18. The lowest BCUT2D eigenvalue weighted by Gasteiger charge is -2.28. The van der Waals surface area contributed by atoms with E-state index in [0.717, 1.165) is 0 Å². The number of ether oxygens (including phenoxy) is 3. The van der Waals surface area contributed by atoms with Crippen LogP contribution in [0.25, 0.3) is 0 Å². The zero-order valence-electron chi connectivity index (χ0n) is 7.79. The SMILES string of the molecule is COC(CCCC#N)(OC)OC. The third-order valence-corrected chi connectivity index (χ3v) is 1.70. The summed E-state index contributed by atoms with van der Waals surface area (Å²) in [5, 5.41) is 8.31. The van der Waals surface area contributed by atoms with Gasteiger partial charge in [0.2, 0.25) is 0 Å². The van der Waals surface area contributed by atoms with Crippen molar-refractivity contribution in [3.8, 4) is 6.07 Å². The Hall–Kier alpha value is -0.630. The topological polar surface area (TPSA) is 51.5 Å². The van der Waals surface area contributed by atoms with Crippen molar-refractivity contribution in [1.29, 1.82) is 5.26 Å². The molecule has 0 aromatic heterocycles. The van der Waals surface area contributed by atoms with Gasteiger partial charge in [-0.05, 0) is 6.42 Å². The van der Waals surface area contributed by atoms with E-state index >= 15 is 0 Å². The van der Waals surface area contributed by atoms with Crippen LogP contribution < -0.4 is 0 Å². The molecule has 0 spiro atoms. The standard InChI is InChI=1S/C8H15NO3/c1-10-8(11-2,12-3)6-4-5-7-9/h4-6H2,1-3H3. The van der Waals surface area contributed by atoms with E-state index in [1.165, 1.54) is 21.3 Å². The largest absolute Gasteiger partial charge is 0.331 e. The molecule has 0 aliphatic carbocycles. The summed E-state index contributed by atoms with van der Waals surface area (Å²) in [7, 11) is 4.54. The predicted molar refractivity (Wildman–Crippen MR) is 43.2 cm³/mol. The fourth-order valence-corrected chi connectivity index (χ4v) is 0.940. The summed E-state index contributed by atoms with van der Waals surface area (Å²) in [5.74, 6) is -0.975. The van der Waals surface area contributed by atoms with E-state index in [-0.39, 0.29) is 0 Å². The Morgan fingerprint density at radius 1 is 1.17 bits per heavy atom. The normalized spacial score (nSPS) is 11.2. The molecule has 0 radical (unpaired) electrons. The molecule has 0 amide bonds. The van der Waals surface area contributed by atoms with Crippen LogP contribution in [0.15, 0.2) is 0 Å². The first kappa shape index (κ1) is 11.4. The minimum Gasteiger partial charge on any atom is -0.331 e. The molecule has 0 aliphatic heterocycles. The summed E-state index contributed by atoms with van der Waals surface area (Å²) in [6, 6.07) is 2.05. The lowest BCUT2D eigenvalue weighted by molar-refractivity contribution is -0.355. The van der Waals surface area contributed by atoms with Crippen molar-refractivity contribution in [2.75, 3.05) is 21.3 Å². The van der Waals surface area contributed by atoms with Crippen LogP contribution in [0, 0.1) is 11.3 Å². The average Bonchev–Trinajstić information content (AvgIpc) is 2.14. The van der Waals surface area contributed by atoms with Gasteiger partial charge in [0.1, 0.15) is 0 Å². The molecule has 0 aromatic carbocycles. The van der Waals surface area contributed by atoms with Gasteiger partial charge in [-0.25, -0.2) is 0 Å². The van der Waals surface area contributed by atoms with Crippen molar-refractivity contribution in [1.82, 2.24) is 0 Å². The summed E-state index contributed by atoms with van der Waals surface area (Å²) in [6.45, 7) is 0. The molecule has 12 heavy (non-hydrogen) atoms. The highest BCUT2D eigenvalue weighted by Gasteiger charge is 2.28. The Morgan fingerprint density at radius 3 is 2.00 bits per heavy atom. The molecule has 70 valence electrons. The molecule has 0 fully saturated rings. The van der Waals surface area contributed by atoms with Crippen LogP contribution >= 0.6 is 0 Å². The molecular formula is C8H15NO3. The van der Waals surface area contributed by atoms with E-state index in [1.54, 1.807) is 0 Å². The maximum atomic E-state index is 8.31. The maximum absolute atomic E-state index is 8.31. The van der Waals surface area contributed by atoms with Gasteiger partial charge in [0.25, 0.3) is 5.97 Å². The molecule has 0 N–H and O–H groups in total. The van der Waals surface area contributed by atoms with E-state index in [0.29, 0.717) is 19.3 Å². The zero-order valence-corrected chi connectivity index (χ0v) is 7.79. The number of nitrogens with zero attached hydrogens (tertiary/aromatic N) is 1. The van der Waals surface area contributed by atoms with Gasteiger partial charge in [0, 0.05) is 34.2 Å². The zero-order chi connectivity index (χ0) is 9.45. The van der Waals surface area contributed by atoms with Gasteiger partial charge < -0.3 is 14.2 Å². The maximum Gasteiger partial charge on any atom is 0.282 e. The van der Waals surface area contributed by atoms with Gasteiger partial charge in [-0.1, -0.05) is 0 Å². The van der Waals surface area contributed by atoms with Gasteiger partial charge in [-0.3, -0.25) is 0 Å². The van der Waals surface area contributed by atoms with Crippen molar-refractivity contribution in [2.45, 2.75) is 25.2 Å². The second-order valence-electron chi connectivity index (χ2n) is 2.31. The van der Waals surface area contributed by atoms with Crippen LogP contribution in [0.2, 0.25) is 0 Å². The summed E-state index contributed by atoms with van der Waals surface area (Å²) in [6.07, 6.45) is 1.74. The molecule has 0 unspecified atom stereocenters. The minimum atomic E-state index is -0.975. The number of hydrogen-bond acceptors (Lipinski definition) is 4. The van der Waals surface area contributed by atoms with E-state index in [1.807, 2.05) is 6.07 Å². The minimum absolute atomic E-state index is 0.484. The van der Waals surface area contributed by atoms with Crippen molar-refractivity contribution < 1.29 is 14.2 Å². The third-order valence-electron chi connectivity index (χ3n) is 1.70. The molecular weight excluding hydrogens is 158 g/mol. The van der Waals surface area contributed by atoms with Gasteiger partial charge in [-0.2, -0.15) is 5.26 Å². The van der Waals surface area contributed by atoms with Crippen LogP contribution in [0.4, 0.5) is 0 Å². The second kappa shape index (κ2) is 5.95. The Balaban J connectivity index is 3.86. The monoisotopic (exact) mass is 173 g/mol. The highest BCUT2D eigenvalue weighted by molar-refractivity contribution is 4.70. The lowest BCUT2D eigenvalue weighted by Crippen LogP contribution is -2.35. The number of hydrogen-bond donors (Lipinski definition) is 0. The van der Waals surface area contributed by atoms with Gasteiger partial charge in [0.15, 0.2) is 0 Å². The van der Waals surface area contributed by atoms with Crippen molar-refractivity contribution in [2.24, 2.45) is 0 Å². The fourth-order valence-electron chi connectivity index (χ4n) is 0.940. The van der Waals surface area contributed by atoms with E-state index in [9.17, 15) is 0 Å². The quantitative estimate of drug-likeness (QED) is 0.448. The molecule has 0 aromatic rings. The first-order chi connectivity index (χ1) is 5.74. The Bertz CT molecular complexity index is 141. The lowest BCUT2D eigenvalue weighted by atomic mass is 10.2. The molecule has 0 bridgehead atoms. The van der Waals surface area contributed by atoms with E-state index in [2.05, 4.69) is 0 Å². The molecule has 0 saturated heterocycles. The second-order valence-corrected chi connectivity index (χ2v) is 2.31. The molecule has 0 aliphatic rings. The summed E-state index contributed by atoms with van der Waals surface area (Å²) in [4.78, 5) is 0. The molecule has 0 rings (SSSR count). The molecule has 0 atom stereocenters. The highest BCUT2D eigenvalue weighted by Crippen LogP contribution is 2.19. The van der Waals surface area contributed by atoms with Crippen molar-refractivity contribution >= 4 is 0 Å². The number of unbranched alkanes of at least 4 members (excludes halogenated alkanes) is 1. The van der Waals surface area contributed by atoms with Crippen molar-refractivity contribution in [3.05, 3.63) is 0 Å². The van der Waals surface area contributed by atoms with Crippen molar-refractivity contribution in [3.63, 3.8) is 0 Å². The Labute approximate surface area is 73.0 Å². The van der Waals surface area contributed by atoms with Crippen LogP contribution in [0.1, 0.15) is 19.3 Å². The predicted octanol–water partition coefficient (Wildman–Crippen LogP) is 1.27. The summed E-state index contributed by atoms with van der Waals surface area (Å²) in [5.41, 5.74) is 0. The first-order valence-electron chi connectivity index (χ1n) is 3.77. The summed E-state index contributed by atoms with van der Waals surface area (Å²) < 4.78 is 15.1. The van der Waals surface area contributed by atoms with Crippen LogP contribution in [0.5, 0.6) is 0 Å². The molecule has 4 nitrogen and oxygen atoms in total. The Morgan fingerprint density at radius 2 is 1.67 bits per heavy atom.